The van der Waals surface area contributed by atoms with Crippen LogP contribution < -0.4 is 10.6 Å². The van der Waals surface area contributed by atoms with Gasteiger partial charge in [0.05, 0.1) is 6.10 Å². The summed E-state index contributed by atoms with van der Waals surface area (Å²) >= 11 is 2.88. The first-order chi connectivity index (χ1) is 15.1. The molecule has 8 heteroatoms. The van der Waals surface area contributed by atoms with Crippen molar-refractivity contribution in [2.24, 2.45) is 0 Å². The van der Waals surface area contributed by atoms with Gasteiger partial charge in [-0.2, -0.15) is 0 Å². The number of aryl methyl sites for hydroxylation is 2. The number of thioether (sulfide) groups is 1. The van der Waals surface area contributed by atoms with E-state index in [0.29, 0.717) is 0 Å². The van der Waals surface area contributed by atoms with Crippen molar-refractivity contribution in [1.29, 1.82) is 0 Å². The van der Waals surface area contributed by atoms with E-state index in [1.54, 1.807) is 0 Å². The number of amides is 1. The predicted octanol–water partition coefficient (Wildman–Crippen LogP) is 5.22. The van der Waals surface area contributed by atoms with Crippen LogP contribution in [0.2, 0.25) is 0 Å². The molecule has 4 rings (SSSR count). The molecule has 1 fully saturated rings. The fourth-order valence-corrected chi connectivity index (χ4v) is 5.36. The van der Waals surface area contributed by atoms with Crippen LogP contribution in [-0.2, 0) is 9.53 Å². The van der Waals surface area contributed by atoms with Crippen LogP contribution in [0.3, 0.4) is 0 Å². The molecule has 2 N–H and O–H groups in total. The van der Waals surface area contributed by atoms with Crippen molar-refractivity contribution in [2.45, 2.75) is 42.4 Å². The van der Waals surface area contributed by atoms with E-state index >= 15 is 0 Å². The molecule has 1 aliphatic heterocycles. The number of carbonyl (C=O) groups is 1. The van der Waals surface area contributed by atoms with E-state index in [1.165, 1.54) is 23.1 Å². The highest BCUT2D eigenvalue weighted by molar-refractivity contribution is 8.02. The molecule has 2 aromatic carbocycles. The third-order valence-electron chi connectivity index (χ3n) is 5.12. The smallest absolute Gasteiger partial charge is 0.242 e. The van der Waals surface area contributed by atoms with Crippen molar-refractivity contribution in [1.82, 2.24) is 10.2 Å². The first-order valence-corrected chi connectivity index (χ1v) is 12.1. The summed E-state index contributed by atoms with van der Waals surface area (Å²) in [5.74, 6) is -0.0750. The maximum atomic E-state index is 13.3. The van der Waals surface area contributed by atoms with Crippen LogP contribution in [0.15, 0.2) is 52.9 Å². The zero-order valence-corrected chi connectivity index (χ0v) is 19.3. The number of aromatic nitrogens is 2. The van der Waals surface area contributed by atoms with Crippen LogP contribution in [0.4, 0.5) is 10.8 Å². The number of ether oxygens (including phenoxy) is 1. The van der Waals surface area contributed by atoms with Gasteiger partial charge in [-0.3, -0.25) is 4.79 Å². The number of carbonyl (C=O) groups excluding carboxylic acids is 1. The molecule has 0 aliphatic carbocycles. The molecule has 0 unspecified atom stereocenters. The standard InChI is InChI=1S/C23H26N4O2S2/c1-15-10-11-16(2)19(13-15)25-21(28)20(17-7-4-3-5-8-17)30-23-27-26-22(31-23)24-14-18-9-6-12-29-18/h3-5,7-8,10-11,13,18,20H,6,9,12,14H2,1-2H3,(H,24,26)(H,25,28)/t18-,20+/m0/s1. The SMILES string of the molecule is Cc1ccc(C)c(NC(=O)[C@H](Sc2nnc(NC[C@@H]3CCCO3)s2)c2ccccc2)c1. The Labute approximate surface area is 190 Å². The second-order valence-corrected chi connectivity index (χ2v) is 9.93. The van der Waals surface area contributed by atoms with Gasteiger partial charge < -0.3 is 15.4 Å². The lowest BCUT2D eigenvalue weighted by Crippen LogP contribution is -2.19. The number of benzene rings is 2. The van der Waals surface area contributed by atoms with Crippen molar-refractivity contribution in [3.63, 3.8) is 0 Å². The Morgan fingerprint density at radius 2 is 2.06 bits per heavy atom. The number of nitrogens with zero attached hydrogens (tertiary/aromatic N) is 2. The van der Waals surface area contributed by atoms with E-state index in [9.17, 15) is 4.79 Å². The molecule has 1 aliphatic rings. The molecular formula is C23H26N4O2S2. The largest absolute Gasteiger partial charge is 0.376 e. The highest BCUT2D eigenvalue weighted by Crippen LogP contribution is 2.39. The van der Waals surface area contributed by atoms with Crippen molar-refractivity contribution < 1.29 is 9.53 Å². The average Bonchev–Trinajstić information content (AvgIpc) is 3.45. The van der Waals surface area contributed by atoms with Crippen LogP contribution in [0.25, 0.3) is 0 Å². The van der Waals surface area contributed by atoms with Gasteiger partial charge in [-0.05, 0) is 49.4 Å². The number of anilines is 2. The zero-order chi connectivity index (χ0) is 21.6. The molecule has 31 heavy (non-hydrogen) atoms. The quantitative estimate of drug-likeness (QED) is 0.455. The van der Waals surface area contributed by atoms with Crippen molar-refractivity contribution >= 4 is 39.8 Å². The Bertz CT molecular complexity index is 1020. The van der Waals surface area contributed by atoms with Gasteiger partial charge in [0.25, 0.3) is 0 Å². The lowest BCUT2D eigenvalue weighted by atomic mass is 10.1. The average molecular weight is 455 g/mol. The lowest BCUT2D eigenvalue weighted by Gasteiger charge is -2.17. The Hall–Kier alpha value is -2.42. The summed E-state index contributed by atoms with van der Waals surface area (Å²) in [4.78, 5) is 13.3. The Morgan fingerprint density at radius 1 is 1.23 bits per heavy atom. The summed E-state index contributed by atoms with van der Waals surface area (Å²) < 4.78 is 6.40. The minimum Gasteiger partial charge on any atom is -0.376 e. The van der Waals surface area contributed by atoms with Gasteiger partial charge in [0, 0.05) is 18.8 Å². The number of hydrogen-bond acceptors (Lipinski definition) is 7. The number of nitrogens with one attached hydrogen (secondary N) is 2. The van der Waals surface area contributed by atoms with Gasteiger partial charge >= 0.3 is 0 Å². The van der Waals surface area contributed by atoms with E-state index in [0.717, 1.165) is 57.8 Å². The van der Waals surface area contributed by atoms with E-state index in [4.69, 9.17) is 4.74 Å². The minimum atomic E-state index is -0.430. The van der Waals surface area contributed by atoms with Gasteiger partial charge in [0.15, 0.2) is 4.34 Å². The van der Waals surface area contributed by atoms with Crippen molar-refractivity contribution in [3.8, 4) is 0 Å². The van der Waals surface area contributed by atoms with Crippen LogP contribution in [-0.4, -0.2) is 35.4 Å². The first kappa shape index (κ1) is 21.8. The number of hydrogen-bond donors (Lipinski definition) is 2. The molecule has 0 radical (unpaired) electrons. The molecule has 162 valence electrons. The second kappa shape index (κ2) is 10.3. The monoisotopic (exact) mass is 454 g/mol. The lowest BCUT2D eigenvalue weighted by molar-refractivity contribution is -0.115. The molecule has 6 nitrogen and oxygen atoms in total. The van der Waals surface area contributed by atoms with Gasteiger partial charge in [0.2, 0.25) is 11.0 Å². The molecule has 2 atom stereocenters. The Morgan fingerprint density at radius 3 is 2.84 bits per heavy atom. The fourth-order valence-electron chi connectivity index (χ4n) is 3.41. The predicted molar refractivity (Wildman–Crippen MR) is 127 cm³/mol. The molecule has 1 aromatic heterocycles. The molecule has 3 aromatic rings. The Balaban J connectivity index is 1.48. The molecule has 0 spiro atoms. The van der Waals surface area contributed by atoms with Crippen molar-refractivity contribution in [3.05, 3.63) is 65.2 Å². The van der Waals surface area contributed by atoms with Crippen molar-refractivity contribution in [2.75, 3.05) is 23.8 Å². The van der Waals surface area contributed by atoms with Crippen LogP contribution in [0.1, 0.15) is 34.8 Å². The van der Waals surface area contributed by atoms with Crippen LogP contribution in [0, 0.1) is 13.8 Å². The fraction of sp³-hybridized carbons (Fsp3) is 0.348. The van der Waals surface area contributed by atoms with E-state index in [-0.39, 0.29) is 12.0 Å². The third kappa shape index (κ3) is 5.84. The maximum absolute atomic E-state index is 13.3. The number of rotatable bonds is 8. The van der Waals surface area contributed by atoms with Gasteiger partial charge in [-0.1, -0.05) is 65.6 Å². The molecule has 1 amide bonds. The summed E-state index contributed by atoms with van der Waals surface area (Å²) in [6.07, 6.45) is 2.42. The van der Waals surface area contributed by atoms with Gasteiger partial charge in [-0.15, -0.1) is 10.2 Å². The summed E-state index contributed by atoms with van der Waals surface area (Å²) in [6.45, 7) is 5.58. The second-order valence-electron chi connectivity index (χ2n) is 7.61. The van der Waals surface area contributed by atoms with Gasteiger partial charge in [-0.25, -0.2) is 0 Å². The molecular weight excluding hydrogens is 428 g/mol. The minimum absolute atomic E-state index is 0.0750. The van der Waals surface area contributed by atoms with Gasteiger partial charge in [0.1, 0.15) is 5.25 Å². The maximum Gasteiger partial charge on any atom is 0.242 e. The normalized spacial score (nSPS) is 16.8. The first-order valence-electron chi connectivity index (χ1n) is 10.4. The summed E-state index contributed by atoms with van der Waals surface area (Å²) in [5, 5.41) is 15.3. The van der Waals surface area contributed by atoms with E-state index in [2.05, 4.69) is 20.8 Å². The summed E-state index contributed by atoms with van der Waals surface area (Å²) in [6, 6.07) is 15.8. The third-order valence-corrected chi connectivity index (χ3v) is 7.34. The van der Waals surface area contributed by atoms with Crippen LogP contribution >= 0.6 is 23.1 Å². The topological polar surface area (TPSA) is 76.1 Å². The summed E-state index contributed by atoms with van der Waals surface area (Å²) in [5.41, 5.74) is 3.91. The Kier molecular flexibility index (Phi) is 7.21. The molecule has 0 saturated carbocycles. The molecule has 1 saturated heterocycles. The van der Waals surface area contributed by atoms with E-state index < -0.39 is 5.25 Å². The van der Waals surface area contributed by atoms with Crippen LogP contribution in [0.5, 0.6) is 0 Å². The zero-order valence-electron chi connectivity index (χ0n) is 17.6. The highest BCUT2D eigenvalue weighted by Gasteiger charge is 2.25. The molecule has 2 heterocycles. The highest BCUT2D eigenvalue weighted by atomic mass is 32.2. The van der Waals surface area contributed by atoms with E-state index in [1.807, 2.05) is 62.4 Å². The summed E-state index contributed by atoms with van der Waals surface area (Å²) in [7, 11) is 0. The molecule has 0 bridgehead atoms.